The average molecular weight is 280 g/mol. The van der Waals surface area contributed by atoms with E-state index in [1.54, 1.807) is 13.0 Å². The van der Waals surface area contributed by atoms with Crippen molar-refractivity contribution in [3.63, 3.8) is 0 Å². The Labute approximate surface area is 121 Å². The first-order valence-electron chi connectivity index (χ1n) is 7.16. The van der Waals surface area contributed by atoms with Gasteiger partial charge < -0.3 is 10.6 Å². The van der Waals surface area contributed by atoms with Crippen molar-refractivity contribution < 1.29 is 9.18 Å². The van der Waals surface area contributed by atoms with E-state index < -0.39 is 0 Å². The van der Waals surface area contributed by atoms with Crippen LogP contribution in [0.25, 0.3) is 0 Å². The van der Waals surface area contributed by atoms with Crippen molar-refractivity contribution in [2.24, 2.45) is 5.92 Å². The van der Waals surface area contributed by atoms with Gasteiger partial charge in [0.1, 0.15) is 5.82 Å². The third-order valence-corrected chi connectivity index (χ3v) is 3.31. The highest BCUT2D eigenvalue weighted by Crippen LogP contribution is 2.15. The Bertz CT molecular complexity index is 446. The summed E-state index contributed by atoms with van der Waals surface area (Å²) in [5.74, 6) is 0.348. The van der Waals surface area contributed by atoms with Crippen LogP contribution in [-0.2, 0) is 4.79 Å². The summed E-state index contributed by atoms with van der Waals surface area (Å²) in [6, 6.07) is 5.10. The van der Waals surface area contributed by atoms with Crippen LogP contribution in [0.4, 0.5) is 4.39 Å². The molecule has 1 aromatic carbocycles. The lowest BCUT2D eigenvalue weighted by Gasteiger charge is -2.15. The number of hydrogen-bond acceptors (Lipinski definition) is 2. The number of hydrogen-bond donors (Lipinski definition) is 2. The van der Waals surface area contributed by atoms with Gasteiger partial charge in [-0.15, -0.1) is 0 Å². The fourth-order valence-electron chi connectivity index (χ4n) is 1.80. The maximum Gasteiger partial charge on any atom is 0.233 e. The van der Waals surface area contributed by atoms with E-state index in [4.69, 9.17) is 0 Å². The van der Waals surface area contributed by atoms with Gasteiger partial charge in [-0.2, -0.15) is 0 Å². The van der Waals surface area contributed by atoms with E-state index in [1.165, 1.54) is 6.07 Å². The molecule has 1 unspecified atom stereocenters. The molecule has 1 amide bonds. The molecule has 3 nitrogen and oxygen atoms in total. The summed E-state index contributed by atoms with van der Waals surface area (Å²) >= 11 is 0. The van der Waals surface area contributed by atoms with Crippen LogP contribution < -0.4 is 10.6 Å². The van der Waals surface area contributed by atoms with Crippen molar-refractivity contribution >= 4 is 5.91 Å². The number of halogens is 1. The fourth-order valence-corrected chi connectivity index (χ4v) is 1.80. The molecule has 0 bridgehead atoms. The third kappa shape index (κ3) is 5.70. The summed E-state index contributed by atoms with van der Waals surface area (Å²) in [5, 5.41) is 5.97. The maximum atomic E-state index is 13.5. The van der Waals surface area contributed by atoms with Crippen LogP contribution in [-0.4, -0.2) is 19.0 Å². The Hall–Kier alpha value is -1.42. The van der Waals surface area contributed by atoms with Crippen LogP contribution in [0.2, 0.25) is 0 Å². The Balaban J connectivity index is 2.37. The summed E-state index contributed by atoms with van der Waals surface area (Å²) in [6.07, 6.45) is 0.977. The Morgan fingerprint density at radius 1 is 1.30 bits per heavy atom. The lowest BCUT2D eigenvalue weighted by molar-refractivity contribution is -0.120. The quantitative estimate of drug-likeness (QED) is 0.806. The number of benzene rings is 1. The van der Waals surface area contributed by atoms with E-state index in [9.17, 15) is 9.18 Å². The normalized spacial score (nSPS) is 12.5. The predicted molar refractivity (Wildman–Crippen MR) is 80.0 cm³/mol. The molecule has 0 radical (unpaired) electrons. The molecule has 0 aromatic heterocycles. The second-order valence-corrected chi connectivity index (χ2v) is 5.64. The summed E-state index contributed by atoms with van der Waals surface area (Å²) < 4.78 is 13.5. The molecule has 4 heteroatoms. The average Bonchev–Trinajstić information content (AvgIpc) is 2.38. The van der Waals surface area contributed by atoms with E-state index in [0.29, 0.717) is 18.0 Å². The van der Waals surface area contributed by atoms with E-state index in [-0.39, 0.29) is 24.3 Å². The lowest BCUT2D eigenvalue weighted by atomic mass is 10.1. The molecule has 0 aliphatic heterocycles. The minimum atomic E-state index is -0.211. The summed E-state index contributed by atoms with van der Waals surface area (Å²) in [7, 11) is 0. The standard InChI is InChI=1S/C16H25FN2O/c1-11(2)7-8-18-16(20)10-19-13(4)14-6-5-12(3)15(17)9-14/h5-6,9,11,13,19H,7-8,10H2,1-4H3,(H,18,20). The smallest absolute Gasteiger partial charge is 0.233 e. The third-order valence-electron chi connectivity index (χ3n) is 3.31. The minimum absolute atomic E-state index is 0.0231. The SMILES string of the molecule is Cc1ccc(C(C)NCC(=O)NCCC(C)C)cc1F. The molecule has 0 saturated heterocycles. The van der Waals surface area contributed by atoms with Crippen molar-refractivity contribution in [1.29, 1.82) is 0 Å². The van der Waals surface area contributed by atoms with Crippen molar-refractivity contribution in [2.75, 3.05) is 13.1 Å². The van der Waals surface area contributed by atoms with Crippen LogP contribution in [0.5, 0.6) is 0 Å². The van der Waals surface area contributed by atoms with Gasteiger partial charge in [-0.05, 0) is 43.4 Å². The van der Waals surface area contributed by atoms with Crippen LogP contribution >= 0.6 is 0 Å². The predicted octanol–water partition coefficient (Wildman–Crippen LogP) is 2.95. The molecule has 1 rings (SSSR count). The van der Waals surface area contributed by atoms with Gasteiger partial charge in [0.2, 0.25) is 5.91 Å². The minimum Gasteiger partial charge on any atom is -0.355 e. The number of amides is 1. The van der Waals surface area contributed by atoms with Crippen molar-refractivity contribution in [3.8, 4) is 0 Å². The summed E-state index contributed by atoms with van der Waals surface area (Å²) in [4.78, 5) is 11.6. The summed E-state index contributed by atoms with van der Waals surface area (Å²) in [6.45, 7) is 8.85. The number of carbonyl (C=O) groups is 1. The first-order chi connectivity index (χ1) is 9.40. The molecule has 20 heavy (non-hydrogen) atoms. The van der Waals surface area contributed by atoms with Crippen molar-refractivity contribution in [1.82, 2.24) is 10.6 Å². The first kappa shape index (κ1) is 16.6. The van der Waals surface area contributed by atoms with Crippen molar-refractivity contribution in [2.45, 2.75) is 40.2 Å². The van der Waals surface area contributed by atoms with Crippen LogP contribution in [0.15, 0.2) is 18.2 Å². The molecule has 0 spiro atoms. The van der Waals surface area contributed by atoms with E-state index in [1.807, 2.05) is 13.0 Å². The molecule has 0 heterocycles. The van der Waals surface area contributed by atoms with E-state index >= 15 is 0 Å². The molecule has 0 aliphatic rings. The largest absolute Gasteiger partial charge is 0.355 e. The number of rotatable bonds is 7. The Morgan fingerprint density at radius 3 is 2.60 bits per heavy atom. The highest BCUT2D eigenvalue weighted by Gasteiger charge is 2.09. The Kier molecular flexibility index (Phi) is 6.65. The number of nitrogens with one attached hydrogen (secondary N) is 2. The maximum absolute atomic E-state index is 13.5. The van der Waals surface area contributed by atoms with Crippen LogP contribution in [0.3, 0.4) is 0 Å². The van der Waals surface area contributed by atoms with Gasteiger partial charge in [0, 0.05) is 12.6 Å². The molecule has 0 saturated carbocycles. The molecular formula is C16H25FN2O. The molecule has 0 aliphatic carbocycles. The van der Waals surface area contributed by atoms with Crippen LogP contribution in [0.1, 0.15) is 44.4 Å². The first-order valence-corrected chi connectivity index (χ1v) is 7.16. The van der Waals surface area contributed by atoms with Gasteiger partial charge >= 0.3 is 0 Å². The van der Waals surface area contributed by atoms with Gasteiger partial charge in [0.25, 0.3) is 0 Å². The second kappa shape index (κ2) is 8.00. The molecule has 1 aromatic rings. The van der Waals surface area contributed by atoms with Gasteiger partial charge in [-0.25, -0.2) is 4.39 Å². The Morgan fingerprint density at radius 2 is 2.00 bits per heavy atom. The number of carbonyl (C=O) groups excluding carboxylic acids is 1. The van der Waals surface area contributed by atoms with Crippen LogP contribution in [0, 0.1) is 18.7 Å². The lowest BCUT2D eigenvalue weighted by Crippen LogP contribution is -2.35. The monoisotopic (exact) mass is 280 g/mol. The zero-order valence-corrected chi connectivity index (χ0v) is 12.8. The number of aryl methyl sites for hydroxylation is 1. The highest BCUT2D eigenvalue weighted by molar-refractivity contribution is 5.77. The van der Waals surface area contributed by atoms with Gasteiger partial charge in [0.05, 0.1) is 6.54 Å². The van der Waals surface area contributed by atoms with E-state index in [0.717, 1.165) is 12.0 Å². The second-order valence-electron chi connectivity index (χ2n) is 5.64. The zero-order chi connectivity index (χ0) is 15.1. The molecule has 112 valence electrons. The van der Waals surface area contributed by atoms with E-state index in [2.05, 4.69) is 24.5 Å². The highest BCUT2D eigenvalue weighted by atomic mass is 19.1. The summed E-state index contributed by atoms with van der Waals surface area (Å²) in [5.41, 5.74) is 1.48. The van der Waals surface area contributed by atoms with Crippen molar-refractivity contribution in [3.05, 3.63) is 35.1 Å². The molecular weight excluding hydrogens is 255 g/mol. The zero-order valence-electron chi connectivity index (χ0n) is 12.8. The molecule has 0 fully saturated rings. The van der Waals surface area contributed by atoms with Gasteiger partial charge in [-0.3, -0.25) is 4.79 Å². The fraction of sp³-hybridized carbons (Fsp3) is 0.562. The topological polar surface area (TPSA) is 41.1 Å². The van der Waals surface area contributed by atoms with Gasteiger partial charge in [-0.1, -0.05) is 26.0 Å². The molecule has 2 N–H and O–H groups in total. The van der Waals surface area contributed by atoms with Gasteiger partial charge in [0.15, 0.2) is 0 Å². The molecule has 1 atom stereocenters.